The maximum Gasteiger partial charge on any atom is 0.141 e. The fourth-order valence-electron chi connectivity index (χ4n) is 5.63. The van der Waals surface area contributed by atoms with E-state index in [4.69, 9.17) is 23.2 Å². The highest BCUT2D eigenvalue weighted by Gasteiger charge is 2.29. The predicted octanol–water partition coefficient (Wildman–Crippen LogP) is 7.10. The Bertz CT molecular complexity index is 1700. The van der Waals surface area contributed by atoms with E-state index in [0.29, 0.717) is 38.9 Å². The summed E-state index contributed by atoms with van der Waals surface area (Å²) in [7, 11) is 0. The number of nitriles is 1. The molecule has 1 unspecified atom stereocenters. The molecule has 6 rings (SSSR count). The molecule has 11 heteroatoms. The van der Waals surface area contributed by atoms with E-state index in [9.17, 15) is 9.65 Å². The highest BCUT2D eigenvalue weighted by atomic mass is 35.5. The van der Waals surface area contributed by atoms with Crippen LogP contribution in [-0.4, -0.2) is 40.6 Å². The zero-order valence-corrected chi connectivity index (χ0v) is 25.1. The summed E-state index contributed by atoms with van der Waals surface area (Å²) in [5.41, 5.74) is 11.4. The molecule has 0 bridgehead atoms. The number of aromatic nitrogens is 1. The number of halogens is 3. The Hall–Kier alpha value is -4.07. The summed E-state index contributed by atoms with van der Waals surface area (Å²) < 4.78 is 13.8. The fourth-order valence-corrected chi connectivity index (χ4v) is 6.08. The first-order valence-electron chi connectivity index (χ1n) is 14.2. The second-order valence-corrected chi connectivity index (χ2v) is 11.5. The first-order chi connectivity index (χ1) is 20.9. The zero-order valence-electron chi connectivity index (χ0n) is 23.5. The summed E-state index contributed by atoms with van der Waals surface area (Å²) in [4.78, 5) is 6.94. The van der Waals surface area contributed by atoms with Gasteiger partial charge in [-0.25, -0.2) is 4.39 Å². The molecule has 0 amide bonds. The van der Waals surface area contributed by atoms with Crippen molar-refractivity contribution in [1.29, 1.82) is 5.26 Å². The van der Waals surface area contributed by atoms with E-state index in [1.165, 1.54) is 18.3 Å². The topological polar surface area (TPSA) is 91.3 Å². The number of fused-ring (bicyclic) bond motifs is 1. The van der Waals surface area contributed by atoms with Crippen molar-refractivity contribution in [3.05, 3.63) is 106 Å². The van der Waals surface area contributed by atoms with Crippen LogP contribution in [0.5, 0.6) is 0 Å². The zero-order chi connectivity index (χ0) is 29.9. The van der Waals surface area contributed by atoms with Crippen LogP contribution in [0.3, 0.4) is 0 Å². The lowest BCUT2D eigenvalue weighted by atomic mass is 10.0. The smallest absolute Gasteiger partial charge is 0.141 e. The third-order valence-electron chi connectivity index (χ3n) is 7.99. The molecule has 2 aliphatic heterocycles. The van der Waals surface area contributed by atoms with Crippen LogP contribution in [0.25, 0.3) is 10.9 Å². The van der Waals surface area contributed by atoms with Crippen LogP contribution in [0.2, 0.25) is 10.0 Å². The number of rotatable bonds is 8. The van der Waals surface area contributed by atoms with Crippen LogP contribution in [0.4, 0.5) is 21.5 Å². The van der Waals surface area contributed by atoms with Gasteiger partial charge in [-0.05, 0) is 55.3 Å². The van der Waals surface area contributed by atoms with Crippen molar-refractivity contribution in [2.45, 2.75) is 31.8 Å². The number of hydrogen-bond acceptors (Lipinski definition) is 8. The number of nitrogens with zero attached hydrogens (tertiary/aromatic N) is 4. The number of anilines is 3. The molecule has 3 aromatic carbocycles. The summed E-state index contributed by atoms with van der Waals surface area (Å²) >= 11 is 12.8. The second-order valence-electron chi connectivity index (χ2n) is 10.6. The van der Waals surface area contributed by atoms with Crippen LogP contribution in [0.1, 0.15) is 36.9 Å². The van der Waals surface area contributed by atoms with Gasteiger partial charge in [-0.15, -0.1) is 5.53 Å². The van der Waals surface area contributed by atoms with E-state index in [1.54, 1.807) is 6.07 Å². The molecule has 0 saturated carbocycles. The van der Waals surface area contributed by atoms with Gasteiger partial charge in [-0.1, -0.05) is 60.5 Å². The van der Waals surface area contributed by atoms with Gasteiger partial charge in [0.1, 0.15) is 11.9 Å². The monoisotopic (exact) mass is 616 g/mol. The first kappa shape index (κ1) is 29.0. The lowest BCUT2D eigenvalue weighted by molar-refractivity contribution is 0.112. The number of hydrazine groups is 2. The lowest BCUT2D eigenvalue weighted by Gasteiger charge is -2.35. The molecule has 1 aromatic heterocycles. The number of benzene rings is 3. The Morgan fingerprint density at radius 2 is 1.84 bits per heavy atom. The van der Waals surface area contributed by atoms with Gasteiger partial charge >= 0.3 is 0 Å². The molecule has 3 heterocycles. The Labute approximate surface area is 260 Å². The summed E-state index contributed by atoms with van der Waals surface area (Å²) in [6.45, 7) is 5.45. The molecule has 43 heavy (non-hydrogen) atoms. The third-order valence-corrected chi connectivity index (χ3v) is 8.57. The number of pyridine rings is 1. The maximum atomic E-state index is 13.8. The van der Waals surface area contributed by atoms with Crippen LogP contribution < -0.4 is 21.6 Å². The van der Waals surface area contributed by atoms with Gasteiger partial charge in [0.05, 0.1) is 38.6 Å². The quantitative estimate of drug-likeness (QED) is 0.167. The summed E-state index contributed by atoms with van der Waals surface area (Å²) in [6.07, 6.45) is 5.78. The van der Waals surface area contributed by atoms with Crippen molar-refractivity contribution < 1.29 is 4.39 Å². The number of piperidine rings is 1. The van der Waals surface area contributed by atoms with E-state index >= 15 is 0 Å². The van der Waals surface area contributed by atoms with Gasteiger partial charge in [0.15, 0.2) is 0 Å². The molecule has 0 radical (unpaired) electrons. The average Bonchev–Trinajstić information content (AvgIpc) is 3.52. The van der Waals surface area contributed by atoms with Gasteiger partial charge in [-0.2, -0.15) is 5.26 Å². The Balaban J connectivity index is 1.35. The summed E-state index contributed by atoms with van der Waals surface area (Å²) in [5.74, 6) is -0.525. The van der Waals surface area contributed by atoms with E-state index in [1.807, 2.05) is 30.3 Å². The minimum Gasteiger partial charge on any atom is -0.373 e. The van der Waals surface area contributed by atoms with Crippen molar-refractivity contribution in [2.24, 2.45) is 0 Å². The van der Waals surface area contributed by atoms with Gasteiger partial charge in [0.2, 0.25) is 0 Å². The molecule has 0 aliphatic carbocycles. The molecule has 1 atom stereocenters. The molecule has 8 nitrogen and oxygen atoms in total. The van der Waals surface area contributed by atoms with Gasteiger partial charge in [-0.3, -0.25) is 9.99 Å². The minimum atomic E-state index is -0.525. The van der Waals surface area contributed by atoms with Gasteiger partial charge in [0.25, 0.3) is 0 Å². The number of likely N-dealkylation sites (tertiary alicyclic amines) is 1. The van der Waals surface area contributed by atoms with Crippen LogP contribution >= 0.6 is 23.2 Å². The molecule has 2 aliphatic rings. The highest BCUT2D eigenvalue weighted by Crippen LogP contribution is 2.37. The van der Waals surface area contributed by atoms with E-state index < -0.39 is 5.82 Å². The van der Waals surface area contributed by atoms with Crippen molar-refractivity contribution in [1.82, 2.24) is 25.9 Å². The SMILES string of the molecule is CCN1CCC(N2C=C(C(Nc3cc(Cl)c4ncc(C#N)c(Nc5ccc(F)c(Cl)c5)c4c3)c3ccccc3)NN2)CC1. The van der Waals surface area contributed by atoms with E-state index in [0.717, 1.165) is 49.4 Å². The molecule has 1 saturated heterocycles. The Kier molecular flexibility index (Phi) is 8.54. The van der Waals surface area contributed by atoms with E-state index in [2.05, 4.69) is 67.8 Å². The maximum absolute atomic E-state index is 13.8. The van der Waals surface area contributed by atoms with Crippen molar-refractivity contribution in [2.75, 3.05) is 30.3 Å². The fraction of sp³-hybridized carbons (Fsp3) is 0.250. The van der Waals surface area contributed by atoms with Crippen molar-refractivity contribution >= 4 is 51.2 Å². The molecular formula is C32H31Cl2FN8. The average molecular weight is 618 g/mol. The molecule has 220 valence electrons. The Morgan fingerprint density at radius 1 is 1.07 bits per heavy atom. The van der Waals surface area contributed by atoms with E-state index in [-0.39, 0.29) is 11.1 Å². The molecule has 1 fully saturated rings. The highest BCUT2D eigenvalue weighted by molar-refractivity contribution is 6.36. The number of nitrogens with one attached hydrogen (secondary N) is 4. The predicted molar refractivity (Wildman–Crippen MR) is 170 cm³/mol. The molecule has 4 aromatic rings. The first-order valence-corrected chi connectivity index (χ1v) is 15.0. The van der Waals surface area contributed by atoms with Crippen molar-refractivity contribution in [3.8, 4) is 6.07 Å². The number of hydrogen-bond donors (Lipinski definition) is 4. The third kappa shape index (κ3) is 6.19. The van der Waals surface area contributed by atoms with Gasteiger partial charge in [0, 0.05) is 48.3 Å². The second kappa shape index (κ2) is 12.7. The molecule has 0 spiro atoms. The molecule has 4 N–H and O–H groups in total. The van der Waals surface area contributed by atoms with Gasteiger partial charge < -0.3 is 21.0 Å². The van der Waals surface area contributed by atoms with Crippen LogP contribution in [0, 0.1) is 17.1 Å². The Morgan fingerprint density at radius 3 is 2.56 bits per heavy atom. The summed E-state index contributed by atoms with van der Waals surface area (Å²) in [5, 5.41) is 20.0. The largest absolute Gasteiger partial charge is 0.373 e. The summed E-state index contributed by atoms with van der Waals surface area (Å²) in [6, 6.07) is 20.6. The van der Waals surface area contributed by atoms with Crippen LogP contribution in [0.15, 0.2) is 78.8 Å². The minimum absolute atomic E-state index is 0.0242. The standard InChI is InChI=1S/C32H31Cl2FN8/c1-2-42-12-10-24(11-13-42)43-19-29(40-41-43)31(20-6-4-3-5-7-20)39-23-14-25-30(38-22-8-9-28(35)26(33)15-22)21(17-36)18-37-32(25)27(34)16-23/h3-9,14-16,18-19,24,31,39-41H,2,10-13H2,1H3,(H,37,38). The van der Waals surface area contributed by atoms with Crippen LogP contribution in [-0.2, 0) is 0 Å². The molecular weight excluding hydrogens is 586 g/mol. The lowest BCUT2D eigenvalue weighted by Crippen LogP contribution is -2.48. The van der Waals surface area contributed by atoms with Crippen molar-refractivity contribution in [3.63, 3.8) is 0 Å². The normalized spacial score (nSPS) is 16.4.